The van der Waals surface area contributed by atoms with Gasteiger partial charge in [-0.15, -0.1) is 11.3 Å². The van der Waals surface area contributed by atoms with Gasteiger partial charge in [0.1, 0.15) is 22.9 Å². The fourth-order valence-corrected chi connectivity index (χ4v) is 4.86. The van der Waals surface area contributed by atoms with Crippen molar-refractivity contribution in [2.45, 2.75) is 12.8 Å². The lowest BCUT2D eigenvalue weighted by Gasteiger charge is -2.30. The SMILES string of the molecule is COc1ccccc1N=CC1=C(c2cccs2)Oc2ccccc2[C@H]1c1ccccc1C. The van der Waals surface area contributed by atoms with Crippen LogP contribution in [-0.4, -0.2) is 13.3 Å². The van der Waals surface area contributed by atoms with Gasteiger partial charge in [-0.2, -0.15) is 0 Å². The monoisotopic (exact) mass is 437 g/mol. The lowest BCUT2D eigenvalue weighted by Crippen LogP contribution is -2.17. The van der Waals surface area contributed by atoms with Crippen molar-refractivity contribution < 1.29 is 9.47 Å². The second kappa shape index (κ2) is 8.85. The first kappa shape index (κ1) is 20.3. The van der Waals surface area contributed by atoms with Crippen molar-refractivity contribution in [3.05, 3.63) is 117 Å². The number of hydrogen-bond acceptors (Lipinski definition) is 4. The Balaban J connectivity index is 1.74. The number of hydrogen-bond donors (Lipinski definition) is 0. The maximum absolute atomic E-state index is 6.49. The maximum Gasteiger partial charge on any atom is 0.150 e. The Bertz CT molecular complexity index is 1300. The van der Waals surface area contributed by atoms with Crippen LogP contribution in [0, 0.1) is 6.92 Å². The summed E-state index contributed by atoms with van der Waals surface area (Å²) in [6.07, 6.45) is 1.94. The fourth-order valence-electron chi connectivity index (χ4n) is 4.13. The minimum atomic E-state index is 0.0108. The Kier molecular flexibility index (Phi) is 5.61. The number of nitrogens with zero attached hydrogens (tertiary/aromatic N) is 1. The van der Waals surface area contributed by atoms with Gasteiger partial charge in [0.05, 0.1) is 12.0 Å². The summed E-state index contributed by atoms with van der Waals surface area (Å²) < 4.78 is 12.0. The minimum absolute atomic E-state index is 0.0108. The predicted octanol–water partition coefficient (Wildman–Crippen LogP) is 7.40. The van der Waals surface area contributed by atoms with E-state index in [0.717, 1.165) is 39.0 Å². The summed E-state index contributed by atoms with van der Waals surface area (Å²) in [7, 11) is 1.67. The molecule has 0 spiro atoms. The molecule has 4 heteroatoms. The number of allylic oxidation sites excluding steroid dienone is 1. The molecule has 3 aromatic carbocycles. The number of para-hydroxylation sites is 3. The third kappa shape index (κ3) is 3.74. The maximum atomic E-state index is 6.49. The number of aliphatic imine (C=N–C) groups is 1. The fraction of sp³-hybridized carbons (Fsp3) is 0.107. The van der Waals surface area contributed by atoms with E-state index in [4.69, 9.17) is 14.5 Å². The smallest absolute Gasteiger partial charge is 0.150 e. The summed E-state index contributed by atoms with van der Waals surface area (Å²) >= 11 is 1.67. The van der Waals surface area contributed by atoms with Crippen LogP contribution in [0.2, 0.25) is 0 Å². The van der Waals surface area contributed by atoms with E-state index in [1.165, 1.54) is 11.1 Å². The highest BCUT2D eigenvalue weighted by atomic mass is 32.1. The van der Waals surface area contributed by atoms with Gasteiger partial charge in [-0.25, -0.2) is 0 Å². The number of methoxy groups -OCH3 is 1. The van der Waals surface area contributed by atoms with Gasteiger partial charge in [0, 0.05) is 23.3 Å². The van der Waals surface area contributed by atoms with Crippen LogP contribution in [0.3, 0.4) is 0 Å². The summed E-state index contributed by atoms with van der Waals surface area (Å²) in [5, 5.41) is 2.07. The number of thiophene rings is 1. The Hall–Kier alpha value is -3.63. The van der Waals surface area contributed by atoms with Gasteiger partial charge in [0.2, 0.25) is 0 Å². The van der Waals surface area contributed by atoms with Gasteiger partial charge in [0.15, 0.2) is 0 Å². The van der Waals surface area contributed by atoms with E-state index in [0.29, 0.717) is 0 Å². The average molecular weight is 438 g/mol. The van der Waals surface area contributed by atoms with Gasteiger partial charge >= 0.3 is 0 Å². The summed E-state index contributed by atoms with van der Waals surface area (Å²) in [5.41, 5.74) is 5.45. The lowest BCUT2D eigenvalue weighted by molar-refractivity contribution is 0.416. The molecule has 4 aromatic rings. The first-order chi connectivity index (χ1) is 15.8. The van der Waals surface area contributed by atoms with E-state index in [1.807, 2.05) is 42.6 Å². The van der Waals surface area contributed by atoms with E-state index in [2.05, 4.69) is 60.8 Å². The topological polar surface area (TPSA) is 30.8 Å². The van der Waals surface area contributed by atoms with Crippen molar-refractivity contribution in [2.75, 3.05) is 7.11 Å². The standard InChI is InChI=1S/C28H23NO2S/c1-19-10-3-4-11-20(19)27-21-12-5-7-14-24(21)31-28(26-16-9-17-32-26)22(27)18-29-23-13-6-8-15-25(23)30-2/h3-18,27H,1-2H3/t27-/m1/s1. The first-order valence-corrected chi connectivity index (χ1v) is 11.4. The molecule has 1 aliphatic heterocycles. The molecule has 32 heavy (non-hydrogen) atoms. The van der Waals surface area contributed by atoms with Crippen molar-refractivity contribution >= 4 is 29.0 Å². The predicted molar refractivity (Wildman–Crippen MR) is 132 cm³/mol. The zero-order valence-corrected chi connectivity index (χ0v) is 18.8. The second-order valence-corrected chi connectivity index (χ2v) is 8.57. The normalized spacial score (nSPS) is 15.5. The van der Waals surface area contributed by atoms with Crippen LogP contribution in [0.15, 0.2) is 101 Å². The zero-order valence-electron chi connectivity index (χ0n) is 18.0. The molecule has 0 aliphatic carbocycles. The third-order valence-corrected chi connectivity index (χ3v) is 6.56. The van der Waals surface area contributed by atoms with Gasteiger partial charge in [-0.3, -0.25) is 4.99 Å². The van der Waals surface area contributed by atoms with Crippen LogP contribution in [0.5, 0.6) is 11.5 Å². The largest absolute Gasteiger partial charge is 0.494 e. The lowest BCUT2D eigenvalue weighted by atomic mass is 9.80. The van der Waals surface area contributed by atoms with Gasteiger partial charge < -0.3 is 9.47 Å². The van der Waals surface area contributed by atoms with Gasteiger partial charge in [-0.05, 0) is 47.7 Å². The van der Waals surface area contributed by atoms with Crippen molar-refractivity contribution in [3.8, 4) is 11.5 Å². The molecule has 0 amide bonds. The van der Waals surface area contributed by atoms with Crippen LogP contribution < -0.4 is 9.47 Å². The van der Waals surface area contributed by atoms with Crippen molar-refractivity contribution in [1.82, 2.24) is 0 Å². The van der Waals surface area contributed by atoms with Crippen molar-refractivity contribution in [2.24, 2.45) is 4.99 Å². The van der Waals surface area contributed by atoms with Crippen molar-refractivity contribution in [3.63, 3.8) is 0 Å². The highest BCUT2D eigenvalue weighted by molar-refractivity contribution is 7.11. The molecule has 0 saturated carbocycles. The Morgan fingerprint density at radius 1 is 0.875 bits per heavy atom. The Morgan fingerprint density at radius 3 is 2.41 bits per heavy atom. The van der Waals surface area contributed by atoms with E-state index in [9.17, 15) is 0 Å². The van der Waals surface area contributed by atoms with E-state index in [1.54, 1.807) is 18.4 Å². The molecule has 158 valence electrons. The van der Waals surface area contributed by atoms with E-state index < -0.39 is 0 Å². The van der Waals surface area contributed by atoms with Crippen LogP contribution in [0.25, 0.3) is 5.76 Å². The zero-order chi connectivity index (χ0) is 21.9. The van der Waals surface area contributed by atoms with Crippen LogP contribution >= 0.6 is 11.3 Å². The number of aryl methyl sites for hydroxylation is 1. The van der Waals surface area contributed by atoms with E-state index in [-0.39, 0.29) is 5.92 Å². The van der Waals surface area contributed by atoms with E-state index >= 15 is 0 Å². The molecule has 0 radical (unpaired) electrons. The molecule has 0 bridgehead atoms. The molecule has 0 fully saturated rings. The molecule has 2 heterocycles. The Labute approximate surface area is 192 Å². The molecule has 1 aliphatic rings. The molecule has 0 N–H and O–H groups in total. The minimum Gasteiger partial charge on any atom is -0.494 e. The average Bonchev–Trinajstić information content (AvgIpc) is 3.37. The highest BCUT2D eigenvalue weighted by Crippen LogP contribution is 2.46. The molecular weight excluding hydrogens is 414 g/mol. The van der Waals surface area contributed by atoms with Crippen molar-refractivity contribution in [1.29, 1.82) is 0 Å². The molecule has 0 saturated heterocycles. The molecule has 1 atom stereocenters. The summed E-state index contributed by atoms with van der Waals surface area (Å²) in [6, 6.07) is 28.8. The Morgan fingerprint density at radius 2 is 1.62 bits per heavy atom. The quantitative estimate of drug-likeness (QED) is 0.305. The molecule has 3 nitrogen and oxygen atoms in total. The molecular formula is C28H23NO2S. The van der Waals surface area contributed by atoms with Gasteiger partial charge in [-0.1, -0.05) is 60.7 Å². The van der Waals surface area contributed by atoms with Gasteiger partial charge in [0.25, 0.3) is 0 Å². The summed E-state index contributed by atoms with van der Waals surface area (Å²) in [4.78, 5) is 5.94. The molecule has 0 unspecified atom stereocenters. The highest BCUT2D eigenvalue weighted by Gasteiger charge is 2.32. The molecule has 5 rings (SSSR count). The number of benzene rings is 3. The number of fused-ring (bicyclic) bond motifs is 1. The van der Waals surface area contributed by atoms with Crippen LogP contribution in [0.4, 0.5) is 5.69 Å². The third-order valence-electron chi connectivity index (χ3n) is 5.69. The number of rotatable bonds is 5. The molecule has 1 aromatic heterocycles. The second-order valence-electron chi connectivity index (χ2n) is 7.62. The number of ether oxygens (including phenoxy) is 2. The van der Waals surface area contributed by atoms with Crippen LogP contribution in [0.1, 0.15) is 27.5 Å². The first-order valence-electron chi connectivity index (χ1n) is 10.5. The van der Waals surface area contributed by atoms with Crippen LogP contribution in [-0.2, 0) is 0 Å². The summed E-state index contributed by atoms with van der Waals surface area (Å²) in [6.45, 7) is 2.16. The summed E-state index contributed by atoms with van der Waals surface area (Å²) in [5.74, 6) is 2.49.